The predicted molar refractivity (Wildman–Crippen MR) is 63.8 cm³/mol. The lowest BCUT2D eigenvalue weighted by atomic mass is 10.3. The summed E-state index contributed by atoms with van der Waals surface area (Å²) in [5.41, 5.74) is 2.13. The lowest BCUT2D eigenvalue weighted by Crippen LogP contribution is -1.97. The molecule has 0 amide bonds. The molecule has 84 valence electrons. The number of nitrogens with zero attached hydrogens (tertiary/aromatic N) is 3. The summed E-state index contributed by atoms with van der Waals surface area (Å²) < 4.78 is 14.8. The standard InChI is InChI=1S/C12H7ClFN3/c13-8-5-9(14)7-10(6-8)17-12-4-2-1-3-11(12)15-16-17/h1-7H. The summed E-state index contributed by atoms with van der Waals surface area (Å²) in [4.78, 5) is 0. The molecule has 0 bridgehead atoms. The third-order valence-electron chi connectivity index (χ3n) is 2.44. The zero-order chi connectivity index (χ0) is 11.8. The fourth-order valence-corrected chi connectivity index (χ4v) is 1.94. The van der Waals surface area contributed by atoms with Crippen molar-refractivity contribution >= 4 is 22.6 Å². The number of rotatable bonds is 1. The summed E-state index contributed by atoms with van der Waals surface area (Å²) in [5, 5.41) is 8.32. The Balaban J connectivity index is 2.27. The van der Waals surface area contributed by atoms with Gasteiger partial charge in [-0.05, 0) is 30.3 Å². The molecule has 0 aliphatic rings. The molecule has 0 radical (unpaired) electrons. The van der Waals surface area contributed by atoms with Gasteiger partial charge in [0.1, 0.15) is 11.3 Å². The first-order valence-electron chi connectivity index (χ1n) is 5.01. The van der Waals surface area contributed by atoms with Crippen molar-refractivity contribution in [3.63, 3.8) is 0 Å². The van der Waals surface area contributed by atoms with Gasteiger partial charge in [-0.15, -0.1) is 5.10 Å². The van der Waals surface area contributed by atoms with E-state index in [1.807, 2.05) is 24.3 Å². The Bertz CT molecular complexity index is 673. The Kier molecular flexibility index (Phi) is 2.30. The van der Waals surface area contributed by atoms with Crippen LogP contribution in [0.4, 0.5) is 4.39 Å². The molecule has 17 heavy (non-hydrogen) atoms. The highest BCUT2D eigenvalue weighted by molar-refractivity contribution is 6.30. The van der Waals surface area contributed by atoms with E-state index in [9.17, 15) is 4.39 Å². The van der Waals surface area contributed by atoms with E-state index in [-0.39, 0.29) is 0 Å². The van der Waals surface area contributed by atoms with Crippen molar-refractivity contribution in [2.45, 2.75) is 0 Å². The van der Waals surface area contributed by atoms with E-state index in [4.69, 9.17) is 11.6 Å². The maximum absolute atomic E-state index is 13.3. The minimum atomic E-state index is -0.396. The van der Waals surface area contributed by atoms with E-state index in [1.54, 1.807) is 10.7 Å². The number of hydrogen-bond donors (Lipinski definition) is 0. The minimum absolute atomic E-state index is 0.333. The highest BCUT2D eigenvalue weighted by Gasteiger charge is 2.07. The first kappa shape index (κ1) is 10.2. The Morgan fingerprint density at radius 1 is 1.12 bits per heavy atom. The van der Waals surface area contributed by atoms with Gasteiger partial charge in [-0.3, -0.25) is 0 Å². The summed E-state index contributed by atoms with van der Waals surface area (Å²) in [6, 6.07) is 11.7. The second-order valence-corrected chi connectivity index (χ2v) is 4.05. The van der Waals surface area contributed by atoms with E-state index in [0.717, 1.165) is 11.0 Å². The van der Waals surface area contributed by atoms with Crippen molar-refractivity contribution in [2.75, 3.05) is 0 Å². The van der Waals surface area contributed by atoms with Crippen LogP contribution in [0.1, 0.15) is 0 Å². The molecule has 0 saturated carbocycles. The lowest BCUT2D eigenvalue weighted by molar-refractivity contribution is 0.625. The number of hydrogen-bond acceptors (Lipinski definition) is 2. The third kappa shape index (κ3) is 1.76. The van der Waals surface area contributed by atoms with Crippen molar-refractivity contribution in [3.8, 4) is 5.69 Å². The quantitative estimate of drug-likeness (QED) is 0.661. The SMILES string of the molecule is Fc1cc(Cl)cc(-n2nnc3ccccc32)c1. The smallest absolute Gasteiger partial charge is 0.126 e. The molecule has 0 unspecified atom stereocenters. The van der Waals surface area contributed by atoms with E-state index in [2.05, 4.69) is 10.3 Å². The van der Waals surface area contributed by atoms with Gasteiger partial charge in [-0.1, -0.05) is 28.9 Å². The summed E-state index contributed by atoms with van der Waals surface area (Å²) in [5.74, 6) is -0.396. The average Bonchev–Trinajstić information content (AvgIpc) is 2.71. The van der Waals surface area contributed by atoms with E-state index < -0.39 is 5.82 Å². The van der Waals surface area contributed by atoms with Crippen LogP contribution < -0.4 is 0 Å². The van der Waals surface area contributed by atoms with Gasteiger partial charge >= 0.3 is 0 Å². The topological polar surface area (TPSA) is 30.7 Å². The molecule has 1 aromatic heterocycles. The van der Waals surface area contributed by atoms with Gasteiger partial charge in [0.25, 0.3) is 0 Å². The second-order valence-electron chi connectivity index (χ2n) is 3.62. The van der Waals surface area contributed by atoms with Gasteiger partial charge in [0.05, 0.1) is 11.2 Å². The van der Waals surface area contributed by atoms with E-state index in [0.29, 0.717) is 10.7 Å². The van der Waals surface area contributed by atoms with Crippen LogP contribution in [0, 0.1) is 5.82 Å². The zero-order valence-electron chi connectivity index (χ0n) is 8.64. The molecule has 1 heterocycles. The monoisotopic (exact) mass is 247 g/mol. The van der Waals surface area contributed by atoms with Crippen LogP contribution >= 0.6 is 11.6 Å². The fourth-order valence-electron chi connectivity index (χ4n) is 1.72. The molecule has 2 aromatic carbocycles. The minimum Gasteiger partial charge on any atom is -0.213 e. The van der Waals surface area contributed by atoms with Gasteiger partial charge in [-0.25, -0.2) is 9.07 Å². The van der Waals surface area contributed by atoms with Crippen molar-refractivity contribution < 1.29 is 4.39 Å². The van der Waals surface area contributed by atoms with Crippen molar-refractivity contribution in [3.05, 3.63) is 53.3 Å². The summed E-state index contributed by atoms with van der Waals surface area (Å²) in [7, 11) is 0. The zero-order valence-corrected chi connectivity index (χ0v) is 9.39. The molecule has 3 rings (SSSR count). The molecular weight excluding hydrogens is 241 g/mol. The Labute approximate surface area is 101 Å². The first-order valence-corrected chi connectivity index (χ1v) is 5.39. The molecule has 3 nitrogen and oxygen atoms in total. The molecule has 3 aromatic rings. The highest BCUT2D eigenvalue weighted by atomic mass is 35.5. The fraction of sp³-hybridized carbons (Fsp3) is 0. The number of fused-ring (bicyclic) bond motifs is 1. The van der Waals surface area contributed by atoms with Crippen LogP contribution in [0.15, 0.2) is 42.5 Å². The second kappa shape index (κ2) is 3.82. The molecule has 0 atom stereocenters. The highest BCUT2D eigenvalue weighted by Crippen LogP contribution is 2.20. The number of para-hydroxylation sites is 1. The van der Waals surface area contributed by atoms with Gasteiger partial charge < -0.3 is 0 Å². The molecule has 0 aliphatic carbocycles. The van der Waals surface area contributed by atoms with E-state index in [1.165, 1.54) is 12.1 Å². The van der Waals surface area contributed by atoms with Crippen molar-refractivity contribution in [1.82, 2.24) is 15.0 Å². The maximum Gasteiger partial charge on any atom is 0.126 e. The maximum atomic E-state index is 13.3. The van der Waals surface area contributed by atoms with Crippen LogP contribution in [0.2, 0.25) is 5.02 Å². The van der Waals surface area contributed by atoms with Gasteiger partial charge in [-0.2, -0.15) is 0 Å². The van der Waals surface area contributed by atoms with Gasteiger partial charge in [0.15, 0.2) is 0 Å². The summed E-state index contributed by atoms with van der Waals surface area (Å²) >= 11 is 5.82. The predicted octanol–water partition coefficient (Wildman–Crippen LogP) is 3.21. The molecule has 0 spiro atoms. The molecule has 0 N–H and O–H groups in total. The lowest BCUT2D eigenvalue weighted by Gasteiger charge is -2.02. The molecule has 5 heteroatoms. The van der Waals surface area contributed by atoms with Crippen LogP contribution in [0.5, 0.6) is 0 Å². The van der Waals surface area contributed by atoms with Crippen molar-refractivity contribution in [2.24, 2.45) is 0 Å². The summed E-state index contributed by atoms with van der Waals surface area (Å²) in [6.07, 6.45) is 0. The van der Waals surface area contributed by atoms with Crippen molar-refractivity contribution in [1.29, 1.82) is 0 Å². The largest absolute Gasteiger partial charge is 0.213 e. The van der Waals surface area contributed by atoms with Crippen LogP contribution in [-0.2, 0) is 0 Å². The molecular formula is C12H7ClFN3. The Morgan fingerprint density at radius 3 is 2.76 bits per heavy atom. The number of benzene rings is 2. The normalized spacial score (nSPS) is 10.9. The molecule has 0 saturated heterocycles. The summed E-state index contributed by atoms with van der Waals surface area (Å²) in [6.45, 7) is 0. The first-order chi connectivity index (χ1) is 8.24. The number of aromatic nitrogens is 3. The third-order valence-corrected chi connectivity index (χ3v) is 2.66. The Morgan fingerprint density at radius 2 is 1.94 bits per heavy atom. The average molecular weight is 248 g/mol. The van der Waals surface area contributed by atoms with Crippen LogP contribution in [0.3, 0.4) is 0 Å². The van der Waals surface area contributed by atoms with Crippen LogP contribution in [-0.4, -0.2) is 15.0 Å². The Hall–Kier alpha value is -1.94. The molecule has 0 fully saturated rings. The van der Waals surface area contributed by atoms with Crippen LogP contribution in [0.25, 0.3) is 16.7 Å². The number of halogens is 2. The van der Waals surface area contributed by atoms with Gasteiger partial charge in [0.2, 0.25) is 0 Å². The van der Waals surface area contributed by atoms with Gasteiger partial charge in [0, 0.05) is 5.02 Å². The van der Waals surface area contributed by atoms with E-state index >= 15 is 0 Å². The molecule has 0 aliphatic heterocycles.